The Balaban J connectivity index is 1.65. The molecule has 7 heteroatoms. The van der Waals surface area contributed by atoms with E-state index in [9.17, 15) is 9.59 Å². The van der Waals surface area contributed by atoms with Crippen LogP contribution in [0.15, 0.2) is 63.9 Å². The maximum absolute atomic E-state index is 12.7. The van der Waals surface area contributed by atoms with Crippen LogP contribution in [-0.4, -0.2) is 21.3 Å². The number of carbonyl (C=O) groups is 2. The number of aromatic carboxylic acids is 1. The topological polar surface area (TPSA) is 70.8 Å². The van der Waals surface area contributed by atoms with Crippen molar-refractivity contribution in [1.29, 1.82) is 0 Å². The van der Waals surface area contributed by atoms with Crippen LogP contribution in [0.25, 0.3) is 17.0 Å². The van der Waals surface area contributed by atoms with Gasteiger partial charge < -0.3 is 9.52 Å². The first-order valence-electron chi connectivity index (χ1n) is 7.63. The minimum absolute atomic E-state index is 0.150. The number of hydrogen-bond acceptors (Lipinski definition) is 5. The summed E-state index contributed by atoms with van der Waals surface area (Å²) in [7, 11) is 0. The number of benzene rings is 2. The molecule has 1 N–H and O–H groups in total. The summed E-state index contributed by atoms with van der Waals surface area (Å²) in [4.78, 5) is 25.6. The van der Waals surface area contributed by atoms with E-state index in [-0.39, 0.29) is 11.5 Å². The lowest BCUT2D eigenvalue weighted by Gasteiger charge is -2.14. The van der Waals surface area contributed by atoms with E-state index in [2.05, 4.69) is 0 Å². The smallest absolute Gasteiger partial charge is 0.335 e. The standard InChI is InChI=1S/C19H11NO4S2/c21-17-16(10-14-9-12-3-1-2-4-15(12)24-14)26-19(25)20(17)13-7-5-11(6-8-13)18(22)23/h1-10H,(H,22,23)/b16-10+. The number of carboxylic acid groups (broad SMARTS) is 1. The van der Waals surface area contributed by atoms with Crippen LogP contribution in [0.2, 0.25) is 0 Å². The lowest BCUT2D eigenvalue weighted by molar-refractivity contribution is -0.113. The Kier molecular flexibility index (Phi) is 4.10. The zero-order valence-electron chi connectivity index (χ0n) is 13.2. The molecule has 1 aliphatic rings. The SMILES string of the molecule is O=C(O)c1ccc(N2C(=O)/C(=C\c3cc4ccccc4o3)SC2=S)cc1. The molecule has 0 saturated carbocycles. The highest BCUT2D eigenvalue weighted by Crippen LogP contribution is 2.36. The molecule has 0 radical (unpaired) electrons. The molecular weight excluding hydrogens is 370 g/mol. The zero-order chi connectivity index (χ0) is 18.3. The molecule has 0 aliphatic carbocycles. The number of thiocarbonyl (C=S) groups is 1. The van der Waals surface area contributed by atoms with Crippen molar-refractivity contribution in [3.8, 4) is 0 Å². The van der Waals surface area contributed by atoms with Crippen molar-refractivity contribution in [3.05, 3.63) is 70.8 Å². The van der Waals surface area contributed by atoms with Gasteiger partial charge in [-0.25, -0.2) is 4.79 Å². The molecule has 4 rings (SSSR count). The first-order valence-corrected chi connectivity index (χ1v) is 8.85. The van der Waals surface area contributed by atoms with E-state index in [4.69, 9.17) is 21.7 Å². The van der Waals surface area contributed by atoms with Gasteiger partial charge in [0, 0.05) is 11.5 Å². The van der Waals surface area contributed by atoms with Gasteiger partial charge in [-0.2, -0.15) is 0 Å². The third kappa shape index (κ3) is 2.91. The van der Waals surface area contributed by atoms with Crippen molar-refractivity contribution in [1.82, 2.24) is 0 Å². The van der Waals surface area contributed by atoms with Crippen molar-refractivity contribution in [2.45, 2.75) is 0 Å². The Bertz CT molecular complexity index is 1050. The zero-order valence-corrected chi connectivity index (χ0v) is 14.8. The Morgan fingerprint density at radius 2 is 1.88 bits per heavy atom. The van der Waals surface area contributed by atoms with Gasteiger partial charge in [0.25, 0.3) is 5.91 Å². The molecule has 1 fully saturated rings. The van der Waals surface area contributed by atoms with Gasteiger partial charge in [-0.3, -0.25) is 9.69 Å². The fourth-order valence-corrected chi connectivity index (χ4v) is 3.93. The highest BCUT2D eigenvalue weighted by molar-refractivity contribution is 8.27. The van der Waals surface area contributed by atoms with Crippen molar-refractivity contribution in [2.75, 3.05) is 4.90 Å². The van der Waals surface area contributed by atoms with Crippen LogP contribution in [0.4, 0.5) is 5.69 Å². The number of nitrogens with zero attached hydrogens (tertiary/aromatic N) is 1. The highest BCUT2D eigenvalue weighted by atomic mass is 32.2. The van der Waals surface area contributed by atoms with Crippen molar-refractivity contribution in [2.24, 2.45) is 0 Å². The van der Waals surface area contributed by atoms with Gasteiger partial charge in [-0.05, 0) is 36.4 Å². The maximum Gasteiger partial charge on any atom is 0.335 e. The van der Waals surface area contributed by atoms with Crippen LogP contribution >= 0.6 is 24.0 Å². The average Bonchev–Trinajstić information content (AvgIpc) is 3.15. The third-order valence-corrected chi connectivity index (χ3v) is 5.19. The summed E-state index contributed by atoms with van der Waals surface area (Å²) in [6.07, 6.45) is 1.67. The maximum atomic E-state index is 12.7. The van der Waals surface area contributed by atoms with E-state index in [1.165, 1.54) is 28.8 Å². The molecule has 5 nitrogen and oxygen atoms in total. The Morgan fingerprint density at radius 1 is 1.15 bits per heavy atom. The van der Waals surface area contributed by atoms with Gasteiger partial charge >= 0.3 is 5.97 Å². The first-order chi connectivity index (χ1) is 12.5. The molecule has 128 valence electrons. The van der Waals surface area contributed by atoms with Gasteiger partial charge in [0.05, 0.1) is 16.2 Å². The summed E-state index contributed by atoms with van der Waals surface area (Å²) < 4.78 is 6.12. The first kappa shape index (κ1) is 16.6. The summed E-state index contributed by atoms with van der Waals surface area (Å²) in [6, 6.07) is 15.5. The number of anilines is 1. The fraction of sp³-hybridized carbons (Fsp3) is 0. The van der Waals surface area contributed by atoms with Crippen LogP contribution in [0.5, 0.6) is 0 Å². The predicted molar refractivity (Wildman–Crippen MR) is 105 cm³/mol. The number of hydrogen-bond donors (Lipinski definition) is 1. The molecule has 3 aromatic rings. The predicted octanol–water partition coefficient (Wildman–Crippen LogP) is 4.54. The molecule has 1 saturated heterocycles. The lowest BCUT2D eigenvalue weighted by Crippen LogP contribution is -2.27. The number of amides is 1. The van der Waals surface area contributed by atoms with Crippen molar-refractivity contribution >= 4 is 62.9 Å². The summed E-state index contributed by atoms with van der Waals surface area (Å²) in [5, 5.41) is 9.94. The van der Waals surface area contributed by atoms with Crippen molar-refractivity contribution < 1.29 is 19.1 Å². The summed E-state index contributed by atoms with van der Waals surface area (Å²) in [6.45, 7) is 0. The molecule has 2 aromatic carbocycles. The van der Waals surface area contributed by atoms with Crippen LogP contribution < -0.4 is 4.90 Å². The minimum Gasteiger partial charge on any atom is -0.478 e. The summed E-state index contributed by atoms with van der Waals surface area (Å²) in [5.74, 6) is -0.705. The van der Waals surface area contributed by atoms with Gasteiger partial charge in [-0.1, -0.05) is 42.2 Å². The Labute approximate surface area is 157 Å². The largest absolute Gasteiger partial charge is 0.478 e. The van der Waals surface area contributed by atoms with Gasteiger partial charge in [0.2, 0.25) is 0 Å². The average molecular weight is 381 g/mol. The monoisotopic (exact) mass is 381 g/mol. The van der Waals surface area contributed by atoms with E-state index in [0.717, 1.165) is 11.0 Å². The minimum atomic E-state index is -1.02. The quantitative estimate of drug-likeness (QED) is 0.531. The Morgan fingerprint density at radius 3 is 2.58 bits per heavy atom. The lowest BCUT2D eigenvalue weighted by atomic mass is 10.2. The summed E-state index contributed by atoms with van der Waals surface area (Å²) >= 11 is 6.51. The van der Waals surface area contributed by atoms with Crippen LogP contribution in [0.3, 0.4) is 0 Å². The van der Waals surface area contributed by atoms with E-state index < -0.39 is 5.97 Å². The second kappa shape index (κ2) is 6.44. The molecular formula is C19H11NO4S2. The molecule has 0 atom stereocenters. The molecule has 1 aliphatic heterocycles. The third-order valence-electron chi connectivity index (χ3n) is 3.88. The highest BCUT2D eigenvalue weighted by Gasteiger charge is 2.33. The molecule has 2 heterocycles. The van der Waals surface area contributed by atoms with Gasteiger partial charge in [0.15, 0.2) is 4.32 Å². The normalized spacial score (nSPS) is 16.0. The van der Waals surface area contributed by atoms with Gasteiger partial charge in [0.1, 0.15) is 11.3 Å². The molecule has 26 heavy (non-hydrogen) atoms. The second-order valence-electron chi connectivity index (χ2n) is 5.56. The second-order valence-corrected chi connectivity index (χ2v) is 7.23. The Hall–Kier alpha value is -2.90. The van der Waals surface area contributed by atoms with E-state index in [1.807, 2.05) is 30.3 Å². The van der Waals surface area contributed by atoms with Crippen LogP contribution in [-0.2, 0) is 4.79 Å². The number of furan rings is 1. The number of para-hydroxylation sites is 1. The van der Waals surface area contributed by atoms with E-state index >= 15 is 0 Å². The summed E-state index contributed by atoms with van der Waals surface area (Å²) in [5.41, 5.74) is 1.43. The van der Waals surface area contributed by atoms with Crippen molar-refractivity contribution in [3.63, 3.8) is 0 Å². The van der Waals surface area contributed by atoms with Gasteiger partial charge in [-0.15, -0.1) is 0 Å². The molecule has 1 aromatic heterocycles. The van der Waals surface area contributed by atoms with Crippen LogP contribution in [0.1, 0.15) is 16.1 Å². The number of rotatable bonds is 3. The molecule has 1 amide bonds. The van der Waals surface area contributed by atoms with Crippen LogP contribution in [0, 0.1) is 0 Å². The fourth-order valence-electron chi connectivity index (χ4n) is 2.65. The van der Waals surface area contributed by atoms with E-state index in [1.54, 1.807) is 18.2 Å². The number of thioether (sulfide) groups is 1. The molecule has 0 spiro atoms. The number of carboxylic acids is 1. The number of fused-ring (bicyclic) bond motifs is 1. The number of carbonyl (C=O) groups excluding carboxylic acids is 1. The molecule has 0 bridgehead atoms. The molecule has 0 unspecified atom stereocenters. The van der Waals surface area contributed by atoms with E-state index in [0.29, 0.717) is 20.7 Å².